The number of nitrogens with one attached hydrogen (secondary N) is 1. The Labute approximate surface area is 175 Å². The van der Waals surface area contributed by atoms with Crippen molar-refractivity contribution in [1.82, 2.24) is 9.38 Å². The van der Waals surface area contributed by atoms with Crippen LogP contribution in [-0.4, -0.2) is 33.6 Å². The average Bonchev–Trinajstić information content (AvgIpc) is 2.74. The van der Waals surface area contributed by atoms with Gasteiger partial charge in [0.05, 0.1) is 11.6 Å². The molecule has 0 radical (unpaired) electrons. The fourth-order valence-corrected chi connectivity index (χ4v) is 4.07. The number of aromatic nitrogens is 2. The second-order valence-corrected chi connectivity index (χ2v) is 7.88. The summed E-state index contributed by atoms with van der Waals surface area (Å²) in [4.78, 5) is 31.5. The maximum Gasteiger partial charge on any atom is 0.337 e. The number of aryl methyl sites for hydroxylation is 1. The molecule has 2 aromatic heterocycles. The van der Waals surface area contributed by atoms with E-state index in [1.807, 2.05) is 19.9 Å². The Morgan fingerprint density at radius 1 is 1.17 bits per heavy atom. The second-order valence-electron chi connectivity index (χ2n) is 7.88. The minimum Gasteiger partial charge on any atom is -0.478 e. The molecule has 4 rings (SSSR count). The predicted octanol–water partition coefficient (Wildman–Crippen LogP) is 3.86. The molecule has 7 nitrogen and oxygen atoms in total. The molecule has 1 atom stereocenters. The number of hydrogen-bond donors (Lipinski definition) is 2. The van der Waals surface area contributed by atoms with Crippen LogP contribution >= 0.6 is 0 Å². The molecule has 7 heteroatoms. The van der Waals surface area contributed by atoms with Crippen LogP contribution in [0.15, 0.2) is 47.4 Å². The fraction of sp³-hybridized carbons (Fsp3) is 0.348. The monoisotopic (exact) mass is 406 g/mol. The van der Waals surface area contributed by atoms with Gasteiger partial charge in [0.2, 0.25) is 0 Å². The van der Waals surface area contributed by atoms with Gasteiger partial charge in [0.25, 0.3) is 5.56 Å². The van der Waals surface area contributed by atoms with Gasteiger partial charge in [0, 0.05) is 36.6 Å². The molecule has 1 aliphatic rings. The molecule has 1 aliphatic heterocycles. The van der Waals surface area contributed by atoms with Gasteiger partial charge < -0.3 is 15.3 Å². The van der Waals surface area contributed by atoms with Gasteiger partial charge in [-0.05, 0) is 56.9 Å². The van der Waals surface area contributed by atoms with E-state index in [4.69, 9.17) is 4.98 Å². The zero-order valence-electron chi connectivity index (χ0n) is 17.3. The first-order valence-electron chi connectivity index (χ1n) is 10.3. The quantitative estimate of drug-likeness (QED) is 0.669. The number of para-hydroxylation sites is 1. The molecule has 1 fully saturated rings. The summed E-state index contributed by atoms with van der Waals surface area (Å²) >= 11 is 0. The van der Waals surface area contributed by atoms with Crippen LogP contribution < -0.4 is 15.8 Å². The zero-order chi connectivity index (χ0) is 21.3. The molecule has 0 aliphatic carbocycles. The highest BCUT2D eigenvalue weighted by Gasteiger charge is 2.19. The minimum atomic E-state index is -0.985. The smallest absolute Gasteiger partial charge is 0.337 e. The summed E-state index contributed by atoms with van der Waals surface area (Å²) in [6.07, 6.45) is 5.21. The largest absolute Gasteiger partial charge is 0.478 e. The number of piperidine rings is 1. The van der Waals surface area contributed by atoms with E-state index < -0.39 is 5.97 Å². The van der Waals surface area contributed by atoms with Crippen LogP contribution in [0.4, 0.5) is 11.5 Å². The topological polar surface area (TPSA) is 86.9 Å². The summed E-state index contributed by atoms with van der Waals surface area (Å²) < 4.78 is 1.58. The molecule has 0 saturated carbocycles. The third-order valence-corrected chi connectivity index (χ3v) is 5.59. The van der Waals surface area contributed by atoms with Crippen molar-refractivity contribution in [3.8, 4) is 0 Å². The number of nitrogens with zero attached hydrogens (tertiary/aromatic N) is 3. The number of benzene rings is 1. The van der Waals surface area contributed by atoms with Crippen molar-refractivity contribution < 1.29 is 9.90 Å². The van der Waals surface area contributed by atoms with Crippen LogP contribution in [0.3, 0.4) is 0 Å². The van der Waals surface area contributed by atoms with Crippen molar-refractivity contribution in [2.75, 3.05) is 23.3 Å². The summed E-state index contributed by atoms with van der Waals surface area (Å²) in [5.74, 6) is -0.274. The summed E-state index contributed by atoms with van der Waals surface area (Å²) in [7, 11) is 0. The number of pyridine rings is 1. The maximum absolute atomic E-state index is 12.9. The third-order valence-electron chi connectivity index (χ3n) is 5.59. The number of carboxylic acids is 1. The lowest BCUT2D eigenvalue weighted by Crippen LogP contribution is -2.32. The number of fused-ring (bicyclic) bond motifs is 1. The Kier molecular flexibility index (Phi) is 5.44. The number of hydrogen-bond acceptors (Lipinski definition) is 5. The second kappa shape index (κ2) is 8.18. The van der Waals surface area contributed by atoms with Gasteiger partial charge in [-0.25, -0.2) is 9.78 Å². The number of anilines is 2. The van der Waals surface area contributed by atoms with E-state index in [9.17, 15) is 14.7 Å². The van der Waals surface area contributed by atoms with Gasteiger partial charge in [-0.15, -0.1) is 0 Å². The highest BCUT2D eigenvalue weighted by Crippen LogP contribution is 2.26. The highest BCUT2D eigenvalue weighted by molar-refractivity contribution is 5.94. The number of carbonyl (C=O) groups is 1. The van der Waals surface area contributed by atoms with E-state index in [0.29, 0.717) is 17.2 Å². The summed E-state index contributed by atoms with van der Waals surface area (Å²) in [5, 5.41) is 12.8. The SMILES string of the molecule is Cc1cc([C@H](C)Nc2ccccc2C(=O)O)c2nc(N3CCCCC3)cc(=O)n2c1. The number of aromatic carboxylic acids is 1. The molecule has 156 valence electrons. The van der Waals surface area contributed by atoms with Crippen molar-refractivity contribution in [2.24, 2.45) is 0 Å². The van der Waals surface area contributed by atoms with Gasteiger partial charge in [-0.2, -0.15) is 0 Å². The van der Waals surface area contributed by atoms with Gasteiger partial charge >= 0.3 is 5.97 Å². The molecule has 30 heavy (non-hydrogen) atoms. The zero-order valence-corrected chi connectivity index (χ0v) is 17.3. The van der Waals surface area contributed by atoms with Gasteiger partial charge in [0.15, 0.2) is 0 Å². The van der Waals surface area contributed by atoms with Crippen molar-refractivity contribution in [2.45, 2.75) is 39.2 Å². The Bertz CT molecular complexity index is 1150. The number of carboxylic acid groups (broad SMARTS) is 1. The first-order chi connectivity index (χ1) is 14.4. The Hall–Kier alpha value is -3.35. The Balaban J connectivity index is 1.78. The molecule has 0 spiro atoms. The van der Waals surface area contributed by atoms with Crippen LogP contribution in [0.5, 0.6) is 0 Å². The van der Waals surface area contributed by atoms with Crippen molar-refractivity contribution in [3.05, 3.63) is 69.6 Å². The van der Waals surface area contributed by atoms with Crippen LogP contribution in [-0.2, 0) is 0 Å². The van der Waals surface area contributed by atoms with Crippen LogP contribution in [0.1, 0.15) is 53.7 Å². The molecular formula is C23H26N4O3. The normalized spacial score (nSPS) is 15.2. The molecule has 1 saturated heterocycles. The maximum atomic E-state index is 12.9. The lowest BCUT2D eigenvalue weighted by molar-refractivity contribution is 0.0698. The number of rotatable bonds is 5. The van der Waals surface area contributed by atoms with E-state index in [1.165, 1.54) is 6.42 Å². The average molecular weight is 406 g/mol. The van der Waals surface area contributed by atoms with Crippen molar-refractivity contribution >= 4 is 23.1 Å². The van der Waals surface area contributed by atoms with Gasteiger partial charge in [0.1, 0.15) is 11.5 Å². The van der Waals surface area contributed by atoms with E-state index in [1.54, 1.807) is 40.9 Å². The lowest BCUT2D eigenvalue weighted by Gasteiger charge is -2.28. The minimum absolute atomic E-state index is 0.108. The highest BCUT2D eigenvalue weighted by atomic mass is 16.4. The first-order valence-corrected chi connectivity index (χ1v) is 10.3. The first kappa shape index (κ1) is 19.9. The standard InChI is InChI=1S/C23H26N4O3/c1-15-12-18(16(2)24-19-9-5-4-8-17(19)23(29)30)22-25-20(13-21(28)27(22)14-15)26-10-6-3-7-11-26/h4-5,8-9,12-14,16,24H,3,6-7,10-11H2,1-2H3,(H,29,30)/t16-/m0/s1. The van der Waals surface area contributed by atoms with E-state index >= 15 is 0 Å². The Morgan fingerprint density at radius 3 is 2.63 bits per heavy atom. The molecule has 3 aromatic rings. The van der Waals surface area contributed by atoms with E-state index in [2.05, 4.69) is 10.2 Å². The van der Waals surface area contributed by atoms with Crippen molar-refractivity contribution in [3.63, 3.8) is 0 Å². The lowest BCUT2D eigenvalue weighted by atomic mass is 10.1. The molecule has 0 amide bonds. The molecule has 3 heterocycles. The summed E-state index contributed by atoms with van der Waals surface area (Å²) in [6, 6.07) is 10.2. The van der Waals surface area contributed by atoms with Crippen LogP contribution in [0.25, 0.3) is 5.65 Å². The van der Waals surface area contributed by atoms with Crippen LogP contribution in [0, 0.1) is 6.92 Å². The molecule has 0 bridgehead atoms. The molecular weight excluding hydrogens is 380 g/mol. The molecule has 1 aromatic carbocycles. The fourth-order valence-electron chi connectivity index (χ4n) is 4.07. The molecule has 0 unspecified atom stereocenters. The van der Waals surface area contributed by atoms with E-state index in [-0.39, 0.29) is 17.2 Å². The Morgan fingerprint density at radius 2 is 1.90 bits per heavy atom. The summed E-state index contributed by atoms with van der Waals surface area (Å²) in [6.45, 7) is 5.70. The van der Waals surface area contributed by atoms with Crippen molar-refractivity contribution in [1.29, 1.82) is 0 Å². The van der Waals surface area contributed by atoms with Crippen LogP contribution in [0.2, 0.25) is 0 Å². The third kappa shape index (κ3) is 3.87. The predicted molar refractivity (Wildman–Crippen MR) is 118 cm³/mol. The van der Waals surface area contributed by atoms with E-state index in [0.717, 1.165) is 37.1 Å². The molecule has 2 N–H and O–H groups in total. The van der Waals surface area contributed by atoms with Gasteiger partial charge in [-0.1, -0.05) is 12.1 Å². The summed E-state index contributed by atoms with van der Waals surface area (Å²) in [5.41, 5.74) is 3.02. The van der Waals surface area contributed by atoms with Gasteiger partial charge in [-0.3, -0.25) is 9.20 Å².